The lowest BCUT2D eigenvalue weighted by Gasteiger charge is -2.26. The molecule has 1 fully saturated rings. The maximum absolute atomic E-state index is 5.64. The maximum atomic E-state index is 5.64. The molecule has 0 radical (unpaired) electrons. The van der Waals surface area contributed by atoms with E-state index in [1.165, 1.54) is 49.2 Å². The van der Waals surface area contributed by atoms with Crippen LogP contribution in [0, 0.1) is 6.92 Å². The highest BCUT2D eigenvalue weighted by Gasteiger charge is 2.29. The Hall–Kier alpha value is -3.29. The van der Waals surface area contributed by atoms with E-state index < -0.39 is 0 Å². The van der Waals surface area contributed by atoms with Gasteiger partial charge in [-0.25, -0.2) is 4.98 Å². The number of aromatic nitrogens is 6. The van der Waals surface area contributed by atoms with Crippen LogP contribution in [0.3, 0.4) is 0 Å². The Morgan fingerprint density at radius 1 is 0.939 bits per heavy atom. The van der Waals surface area contributed by atoms with Crippen molar-refractivity contribution in [3.05, 3.63) is 65.1 Å². The summed E-state index contributed by atoms with van der Waals surface area (Å²) in [5.74, 6) is 4.45. The quantitative estimate of drug-likeness (QED) is 0.428. The molecule has 0 bridgehead atoms. The maximum Gasteiger partial charge on any atom is 0.234 e. The van der Waals surface area contributed by atoms with Crippen molar-refractivity contribution in [2.75, 3.05) is 0 Å². The molecule has 0 N–H and O–H groups in total. The van der Waals surface area contributed by atoms with Crippen LogP contribution in [-0.2, 0) is 19.4 Å². The molecule has 0 amide bonds. The summed E-state index contributed by atoms with van der Waals surface area (Å²) < 4.78 is 13.5. The van der Waals surface area contributed by atoms with Crippen LogP contribution < -0.4 is 0 Å². The molecule has 1 aliphatic carbocycles. The van der Waals surface area contributed by atoms with Crippen LogP contribution in [0.1, 0.15) is 85.0 Å². The number of hydrogen-bond donors (Lipinski definition) is 0. The van der Waals surface area contributed by atoms with Gasteiger partial charge in [-0.15, -0.1) is 0 Å². The highest BCUT2D eigenvalue weighted by atomic mass is 16.5. The largest absolute Gasteiger partial charge is 0.339 e. The summed E-state index contributed by atoms with van der Waals surface area (Å²) in [5, 5.41) is 8.27. The Morgan fingerprint density at radius 2 is 1.79 bits per heavy atom. The van der Waals surface area contributed by atoms with Crippen molar-refractivity contribution in [3.8, 4) is 11.4 Å². The molecule has 1 saturated carbocycles. The van der Waals surface area contributed by atoms with Crippen LogP contribution in [0.15, 0.2) is 39.5 Å². The first-order valence-corrected chi connectivity index (χ1v) is 12.0. The standard InChI is InChI=1S/C25H28N6O2/c1-16-7-9-17(10-8-16)23-28-22(32-30-23)14-21-27-25(33-29-21)19-11-12-31-20(13-19)15-26-24(31)18-5-3-2-4-6-18/h7-10,15,18-19H,2-6,11-14H2,1H3. The van der Waals surface area contributed by atoms with Gasteiger partial charge in [0.1, 0.15) is 5.82 Å². The van der Waals surface area contributed by atoms with E-state index >= 15 is 0 Å². The van der Waals surface area contributed by atoms with Crippen LogP contribution in [0.5, 0.6) is 0 Å². The van der Waals surface area contributed by atoms with Crippen molar-refractivity contribution < 1.29 is 9.05 Å². The monoisotopic (exact) mass is 444 g/mol. The Morgan fingerprint density at radius 3 is 2.64 bits per heavy atom. The van der Waals surface area contributed by atoms with Gasteiger partial charge in [0, 0.05) is 42.3 Å². The minimum absolute atomic E-state index is 0.223. The summed E-state index contributed by atoms with van der Waals surface area (Å²) in [6, 6.07) is 8.05. The lowest BCUT2D eigenvalue weighted by Crippen LogP contribution is -2.21. The van der Waals surface area contributed by atoms with Crippen LogP contribution in [0.4, 0.5) is 0 Å². The molecule has 8 nitrogen and oxygen atoms in total. The third kappa shape index (κ3) is 4.10. The number of rotatable bonds is 5. The van der Waals surface area contributed by atoms with Crippen molar-refractivity contribution in [2.45, 2.75) is 76.7 Å². The van der Waals surface area contributed by atoms with Gasteiger partial charge in [0.05, 0.1) is 6.42 Å². The molecule has 1 atom stereocenters. The third-order valence-corrected chi connectivity index (χ3v) is 7.02. The second-order valence-electron chi connectivity index (χ2n) is 9.39. The topological polar surface area (TPSA) is 95.7 Å². The minimum atomic E-state index is 0.223. The lowest BCUT2D eigenvalue weighted by molar-refractivity contribution is 0.317. The van der Waals surface area contributed by atoms with Gasteiger partial charge in [-0.2, -0.15) is 9.97 Å². The predicted molar refractivity (Wildman–Crippen MR) is 121 cm³/mol. The molecule has 4 heterocycles. The van der Waals surface area contributed by atoms with Crippen LogP contribution >= 0.6 is 0 Å². The molecule has 3 aromatic heterocycles. The molecule has 1 aliphatic heterocycles. The number of benzene rings is 1. The normalized spacial score (nSPS) is 19.0. The zero-order valence-corrected chi connectivity index (χ0v) is 18.9. The van der Waals surface area contributed by atoms with E-state index in [2.05, 4.69) is 38.0 Å². The predicted octanol–water partition coefficient (Wildman–Crippen LogP) is 4.99. The van der Waals surface area contributed by atoms with Gasteiger partial charge in [-0.3, -0.25) is 0 Å². The summed E-state index contributed by atoms with van der Waals surface area (Å²) in [6.07, 6.45) is 10.9. The molecule has 4 aromatic rings. The molecule has 33 heavy (non-hydrogen) atoms. The summed E-state index contributed by atoms with van der Waals surface area (Å²) in [4.78, 5) is 14.0. The second-order valence-corrected chi connectivity index (χ2v) is 9.39. The number of hydrogen-bond acceptors (Lipinski definition) is 7. The van der Waals surface area contributed by atoms with Crippen LogP contribution in [-0.4, -0.2) is 29.8 Å². The van der Waals surface area contributed by atoms with E-state index in [-0.39, 0.29) is 5.92 Å². The molecule has 170 valence electrons. The zero-order valence-electron chi connectivity index (χ0n) is 18.9. The van der Waals surface area contributed by atoms with Gasteiger partial charge >= 0.3 is 0 Å². The molecule has 6 rings (SSSR count). The van der Waals surface area contributed by atoms with Gasteiger partial charge in [0.15, 0.2) is 5.82 Å². The zero-order chi connectivity index (χ0) is 22.2. The fraction of sp³-hybridized carbons (Fsp3) is 0.480. The van der Waals surface area contributed by atoms with Crippen molar-refractivity contribution in [1.82, 2.24) is 29.8 Å². The molecule has 0 spiro atoms. The highest BCUT2D eigenvalue weighted by Crippen LogP contribution is 2.36. The number of aryl methyl sites for hydroxylation is 1. The Labute approximate surface area is 192 Å². The fourth-order valence-electron chi connectivity index (χ4n) is 5.17. The summed E-state index contributed by atoms with van der Waals surface area (Å²) in [7, 11) is 0. The van der Waals surface area contributed by atoms with E-state index in [1.54, 1.807) is 0 Å². The SMILES string of the molecule is Cc1ccc(-c2noc(Cc3noc(C4CCn5c(cnc5C5CCCCC5)C4)n3)n2)cc1. The summed E-state index contributed by atoms with van der Waals surface area (Å²) in [6.45, 7) is 3.02. The minimum Gasteiger partial charge on any atom is -0.339 e. The number of nitrogens with zero attached hydrogens (tertiary/aromatic N) is 6. The second kappa shape index (κ2) is 8.57. The number of fused-ring (bicyclic) bond motifs is 1. The summed E-state index contributed by atoms with van der Waals surface area (Å²) >= 11 is 0. The number of imidazole rings is 1. The Kier molecular flexibility index (Phi) is 5.28. The Bertz CT molecular complexity index is 1230. The smallest absolute Gasteiger partial charge is 0.234 e. The average Bonchev–Trinajstić information content (AvgIpc) is 3.60. The van der Waals surface area contributed by atoms with Gasteiger partial charge in [0.2, 0.25) is 17.6 Å². The molecule has 1 unspecified atom stereocenters. The van der Waals surface area contributed by atoms with E-state index in [4.69, 9.17) is 14.0 Å². The molecular formula is C25H28N6O2. The Balaban J connectivity index is 1.13. The van der Waals surface area contributed by atoms with Crippen molar-refractivity contribution in [2.24, 2.45) is 0 Å². The highest BCUT2D eigenvalue weighted by molar-refractivity contribution is 5.54. The first kappa shape index (κ1) is 20.3. The van der Waals surface area contributed by atoms with Crippen LogP contribution in [0.2, 0.25) is 0 Å². The molecular weight excluding hydrogens is 416 g/mol. The van der Waals surface area contributed by atoms with E-state index in [9.17, 15) is 0 Å². The van der Waals surface area contributed by atoms with E-state index in [1.807, 2.05) is 24.3 Å². The molecule has 8 heteroatoms. The average molecular weight is 445 g/mol. The van der Waals surface area contributed by atoms with Crippen LogP contribution in [0.25, 0.3) is 11.4 Å². The van der Waals surface area contributed by atoms with Crippen molar-refractivity contribution in [1.29, 1.82) is 0 Å². The third-order valence-electron chi connectivity index (χ3n) is 7.02. The first-order chi connectivity index (χ1) is 16.2. The van der Waals surface area contributed by atoms with E-state index in [0.29, 0.717) is 35.8 Å². The van der Waals surface area contributed by atoms with E-state index in [0.717, 1.165) is 24.9 Å². The fourth-order valence-corrected chi connectivity index (χ4v) is 5.17. The van der Waals surface area contributed by atoms with Gasteiger partial charge in [-0.05, 0) is 26.2 Å². The van der Waals surface area contributed by atoms with Gasteiger partial charge < -0.3 is 13.6 Å². The molecule has 1 aromatic carbocycles. The summed E-state index contributed by atoms with van der Waals surface area (Å²) in [5.41, 5.74) is 3.40. The van der Waals surface area contributed by atoms with Crippen molar-refractivity contribution in [3.63, 3.8) is 0 Å². The molecule has 2 aliphatic rings. The first-order valence-electron chi connectivity index (χ1n) is 12.0. The lowest BCUT2D eigenvalue weighted by atomic mass is 9.88. The van der Waals surface area contributed by atoms with Crippen molar-refractivity contribution >= 4 is 0 Å². The van der Waals surface area contributed by atoms with Gasteiger partial charge in [0.25, 0.3) is 0 Å². The van der Waals surface area contributed by atoms with Gasteiger partial charge in [-0.1, -0.05) is 59.4 Å². The molecule has 0 saturated heterocycles.